The van der Waals surface area contributed by atoms with Crippen molar-refractivity contribution in [1.29, 1.82) is 5.26 Å². The summed E-state index contributed by atoms with van der Waals surface area (Å²) in [6.45, 7) is 5.53. The van der Waals surface area contributed by atoms with Crippen LogP contribution in [-0.2, 0) is 15.1 Å². The molecule has 0 radical (unpaired) electrons. The summed E-state index contributed by atoms with van der Waals surface area (Å²) in [6.07, 6.45) is 0.913. The molecular weight excluding hydrogens is 470 g/mol. The number of imidazole rings is 1. The van der Waals surface area contributed by atoms with E-state index in [4.69, 9.17) is 14.2 Å². The van der Waals surface area contributed by atoms with Gasteiger partial charge in [-0.2, -0.15) is 14.0 Å². The fourth-order valence-corrected chi connectivity index (χ4v) is 4.27. The molecule has 8 nitrogen and oxygen atoms in total. The van der Waals surface area contributed by atoms with Crippen LogP contribution in [0.5, 0.6) is 5.75 Å². The number of nitriles is 1. The van der Waals surface area contributed by atoms with Crippen LogP contribution in [0.15, 0.2) is 36.5 Å². The first kappa shape index (κ1) is 25.1. The summed E-state index contributed by atoms with van der Waals surface area (Å²) in [6, 6.07) is 10.1. The highest BCUT2D eigenvalue weighted by Gasteiger charge is 2.39. The van der Waals surface area contributed by atoms with E-state index in [-0.39, 0.29) is 11.3 Å². The Morgan fingerprint density at radius 2 is 1.92 bits per heavy atom. The number of carbonyl (C=O) groups is 1. The molecule has 10 heteroatoms. The number of halogens is 2. The van der Waals surface area contributed by atoms with Gasteiger partial charge in [0.25, 0.3) is 0 Å². The van der Waals surface area contributed by atoms with Gasteiger partial charge in [0, 0.05) is 24.3 Å². The molecule has 0 aliphatic heterocycles. The highest BCUT2D eigenvalue weighted by atomic mass is 19.3. The number of methoxy groups -OCH3 is 1. The van der Waals surface area contributed by atoms with E-state index in [1.54, 1.807) is 58.9 Å². The topological polar surface area (TPSA) is 102 Å². The number of benzene rings is 2. The highest BCUT2D eigenvalue weighted by Crippen LogP contribution is 2.44. The third-order valence-electron chi connectivity index (χ3n) is 5.88. The summed E-state index contributed by atoms with van der Waals surface area (Å²) in [7, 11) is 1.43. The van der Waals surface area contributed by atoms with Crippen molar-refractivity contribution in [2.45, 2.75) is 52.4 Å². The quantitative estimate of drug-likeness (QED) is 0.364. The van der Waals surface area contributed by atoms with Crippen molar-refractivity contribution < 1.29 is 27.8 Å². The van der Waals surface area contributed by atoms with Crippen LogP contribution in [0.4, 0.5) is 13.6 Å². The summed E-state index contributed by atoms with van der Waals surface area (Å²) in [4.78, 5) is 20.7. The number of aromatic amines is 1. The van der Waals surface area contributed by atoms with Gasteiger partial charge in [-0.05, 0) is 70.5 Å². The molecule has 1 unspecified atom stereocenters. The lowest BCUT2D eigenvalue weighted by atomic mass is 9.89. The first-order chi connectivity index (χ1) is 16.9. The van der Waals surface area contributed by atoms with Gasteiger partial charge in [0.05, 0.1) is 28.2 Å². The number of carbonyl (C=O) groups excluding carboxylic acids is 1. The zero-order valence-corrected chi connectivity index (χ0v) is 20.8. The van der Waals surface area contributed by atoms with Crippen LogP contribution in [0, 0.1) is 18.3 Å². The minimum Gasteiger partial charge on any atom is -0.443 e. The number of aryl methyl sites for hydroxylation is 1. The van der Waals surface area contributed by atoms with Gasteiger partial charge in [-0.25, -0.2) is 9.78 Å². The van der Waals surface area contributed by atoms with Crippen LogP contribution in [0.2, 0.25) is 0 Å². The van der Waals surface area contributed by atoms with E-state index in [1.807, 2.05) is 0 Å². The molecule has 0 aliphatic carbocycles. The van der Waals surface area contributed by atoms with Crippen LogP contribution < -0.4 is 4.74 Å². The monoisotopic (exact) mass is 496 g/mol. The molecule has 0 saturated carbocycles. The molecule has 2 heterocycles. The maximum absolute atomic E-state index is 13.5. The van der Waals surface area contributed by atoms with E-state index in [1.165, 1.54) is 23.9 Å². The van der Waals surface area contributed by atoms with E-state index in [2.05, 4.69) is 16.0 Å². The molecule has 0 aliphatic rings. The van der Waals surface area contributed by atoms with Crippen LogP contribution in [-0.4, -0.2) is 40.0 Å². The predicted molar refractivity (Wildman–Crippen MR) is 129 cm³/mol. The molecule has 36 heavy (non-hydrogen) atoms. The third kappa shape index (κ3) is 4.38. The molecule has 2 aromatic heterocycles. The zero-order chi connectivity index (χ0) is 26.4. The number of rotatable bonds is 5. The Morgan fingerprint density at radius 3 is 2.53 bits per heavy atom. The molecule has 0 amide bonds. The SMILES string of the molecule is COC(C)(c1nc2ccc(C#N)cc2[nH]1)c1c(OC(F)F)cc(C)c2c1ccn2C(=O)OC(C)(C)C. The van der Waals surface area contributed by atoms with Crippen LogP contribution in [0.3, 0.4) is 0 Å². The average Bonchev–Trinajstić information content (AvgIpc) is 3.42. The summed E-state index contributed by atoms with van der Waals surface area (Å²) in [5, 5.41) is 9.69. The molecule has 2 aromatic carbocycles. The third-order valence-corrected chi connectivity index (χ3v) is 5.88. The highest BCUT2D eigenvalue weighted by molar-refractivity contribution is 5.96. The van der Waals surface area contributed by atoms with E-state index in [9.17, 15) is 18.8 Å². The smallest absolute Gasteiger partial charge is 0.419 e. The largest absolute Gasteiger partial charge is 0.443 e. The summed E-state index contributed by atoms with van der Waals surface area (Å²) in [5.41, 5.74) is 0.701. The second-order valence-electron chi connectivity index (χ2n) is 9.54. The van der Waals surface area contributed by atoms with Gasteiger partial charge in [-0.1, -0.05) is 0 Å². The predicted octanol–water partition coefficient (Wildman–Crippen LogP) is 5.99. The number of H-pyrrole nitrogens is 1. The Kier molecular flexibility index (Phi) is 6.22. The minimum absolute atomic E-state index is 0.112. The van der Waals surface area contributed by atoms with Crippen LogP contribution >= 0.6 is 0 Å². The molecule has 4 aromatic rings. The number of hydrogen-bond acceptors (Lipinski definition) is 6. The van der Waals surface area contributed by atoms with Gasteiger partial charge in [-0.3, -0.25) is 4.57 Å². The summed E-state index contributed by atoms with van der Waals surface area (Å²) in [5.74, 6) is 0.198. The molecule has 0 spiro atoms. The number of nitrogens with one attached hydrogen (secondary N) is 1. The molecule has 4 rings (SSSR count). The molecule has 0 saturated heterocycles. The van der Waals surface area contributed by atoms with Crippen molar-refractivity contribution in [1.82, 2.24) is 14.5 Å². The molecular formula is C26H26F2N4O4. The lowest BCUT2D eigenvalue weighted by Gasteiger charge is -2.30. The van der Waals surface area contributed by atoms with Gasteiger partial charge in [0.15, 0.2) is 5.60 Å². The van der Waals surface area contributed by atoms with Crippen LogP contribution in [0.25, 0.3) is 21.9 Å². The van der Waals surface area contributed by atoms with Crippen molar-refractivity contribution in [2.24, 2.45) is 0 Å². The van der Waals surface area contributed by atoms with Crippen molar-refractivity contribution >= 4 is 28.0 Å². The molecule has 188 valence electrons. The van der Waals surface area contributed by atoms with Crippen molar-refractivity contribution in [3.8, 4) is 11.8 Å². The van der Waals surface area contributed by atoms with E-state index < -0.39 is 23.9 Å². The van der Waals surface area contributed by atoms with Crippen LogP contribution in [0.1, 0.15) is 50.2 Å². The molecule has 1 atom stereocenters. The van der Waals surface area contributed by atoms with E-state index in [0.29, 0.717) is 38.9 Å². The Bertz CT molecular complexity index is 1510. The molecule has 0 fully saturated rings. The van der Waals surface area contributed by atoms with Gasteiger partial charge >= 0.3 is 12.7 Å². The number of hydrogen-bond donors (Lipinski definition) is 1. The van der Waals surface area contributed by atoms with Gasteiger partial charge in [0.1, 0.15) is 17.2 Å². The van der Waals surface area contributed by atoms with Gasteiger partial charge in [0.2, 0.25) is 0 Å². The fraction of sp³-hybridized carbons (Fsp3) is 0.346. The summed E-state index contributed by atoms with van der Waals surface area (Å²) >= 11 is 0. The first-order valence-electron chi connectivity index (χ1n) is 11.2. The maximum Gasteiger partial charge on any atom is 0.419 e. The Morgan fingerprint density at radius 1 is 1.19 bits per heavy atom. The second kappa shape index (κ2) is 8.91. The fourth-order valence-electron chi connectivity index (χ4n) is 4.27. The standard InChI is InChI=1S/C26H26F2N4O4/c1-14-11-19(35-23(27)28)20(16-9-10-32(21(14)16)24(33)36-25(2,3)4)26(5,34-6)22-30-17-8-7-15(13-29)12-18(17)31-22/h7-12,23H,1-6H3,(H,30,31). The van der Waals surface area contributed by atoms with Gasteiger partial charge in [-0.15, -0.1) is 0 Å². The summed E-state index contributed by atoms with van der Waals surface area (Å²) < 4.78 is 44.7. The minimum atomic E-state index is -3.09. The van der Waals surface area contributed by atoms with Gasteiger partial charge < -0.3 is 19.2 Å². The normalized spacial score (nSPS) is 13.7. The number of nitrogens with zero attached hydrogens (tertiary/aromatic N) is 3. The lowest BCUT2D eigenvalue weighted by molar-refractivity contribution is -0.0540. The number of aromatic nitrogens is 3. The number of alkyl halides is 2. The Hall–Kier alpha value is -3.97. The van der Waals surface area contributed by atoms with Crippen molar-refractivity contribution in [2.75, 3.05) is 7.11 Å². The van der Waals surface area contributed by atoms with Crippen molar-refractivity contribution in [3.63, 3.8) is 0 Å². The Labute approximate surface area is 206 Å². The number of ether oxygens (including phenoxy) is 3. The zero-order valence-electron chi connectivity index (χ0n) is 20.8. The van der Waals surface area contributed by atoms with E-state index >= 15 is 0 Å². The Balaban J connectivity index is 2.00. The maximum atomic E-state index is 13.5. The molecule has 1 N–H and O–H groups in total. The number of fused-ring (bicyclic) bond motifs is 2. The average molecular weight is 497 g/mol. The van der Waals surface area contributed by atoms with Crippen molar-refractivity contribution in [3.05, 3.63) is 59.0 Å². The molecule has 0 bridgehead atoms. The second-order valence-corrected chi connectivity index (χ2v) is 9.54. The lowest BCUT2D eigenvalue weighted by Crippen LogP contribution is -2.29. The van der Waals surface area contributed by atoms with E-state index in [0.717, 1.165) is 0 Å². The first-order valence-corrected chi connectivity index (χ1v) is 11.2.